The molecule has 9 heteroatoms. The second kappa shape index (κ2) is 22.9. The lowest BCUT2D eigenvalue weighted by Gasteiger charge is -2.46. The average Bonchev–Trinajstić information content (AvgIpc) is 0.913. The lowest BCUT2D eigenvalue weighted by atomic mass is 9.33. The standard InChI is InChI=1S/C90H60BN3O2SSi2/c1-7-27-64(28-8-1)98(65-29-9-2-10-30-65,66-31-11-3-12-32-66)70-49-53-76-80(59-70)92(61-47-51-74-72-39-19-23-43-84(72)95-86(74)57-61)82-55-63(94-78-41-21-25-45-88(78)97-89-46-26-22-42-79(89)94)56-83-90(82)91(76)77-54-50-71(60-81(77)93(83)62-48-52-75-73-40-20-24-44-85(73)96-87(75)58-62)99(67-33-13-4-14-34-67,68-35-15-5-16-36-68)69-37-17-6-18-38-69/h1-60H. The van der Waals surface area contributed by atoms with Gasteiger partial charge in [-0.05, 0) is 143 Å². The first-order valence-electron chi connectivity index (χ1n) is 34.0. The molecule has 17 aromatic rings. The van der Waals surface area contributed by atoms with Crippen LogP contribution in [0.3, 0.4) is 0 Å². The average molecular weight is 1310 g/mol. The van der Waals surface area contributed by atoms with Gasteiger partial charge in [0.1, 0.15) is 22.3 Å². The van der Waals surface area contributed by atoms with Gasteiger partial charge in [-0.1, -0.05) is 279 Å². The highest BCUT2D eigenvalue weighted by Crippen LogP contribution is 2.54. The number of hydrogen-bond donors (Lipinski definition) is 0. The Balaban J connectivity index is 0.946. The summed E-state index contributed by atoms with van der Waals surface area (Å²) in [5.74, 6) is 0. The fraction of sp³-hybridized carbons (Fsp3) is 0. The minimum Gasteiger partial charge on any atom is -0.456 e. The molecule has 0 bridgehead atoms. The molecule has 0 saturated heterocycles. The molecule has 0 N–H and O–H groups in total. The smallest absolute Gasteiger partial charge is 0.252 e. The van der Waals surface area contributed by atoms with Crippen LogP contribution < -0.4 is 72.6 Å². The van der Waals surface area contributed by atoms with Crippen LogP contribution >= 0.6 is 11.8 Å². The third-order valence-corrected chi connectivity index (χ3v) is 31.8. The molecular formula is C90H60BN3O2SSi2. The van der Waals surface area contributed by atoms with Gasteiger partial charge < -0.3 is 23.5 Å². The van der Waals surface area contributed by atoms with E-state index in [9.17, 15) is 0 Å². The Hall–Kier alpha value is -11.9. The first-order valence-corrected chi connectivity index (χ1v) is 38.8. The number of hydrogen-bond acceptors (Lipinski definition) is 6. The Kier molecular flexibility index (Phi) is 13.3. The molecule has 15 aromatic carbocycles. The molecule has 0 spiro atoms. The number of nitrogens with zero attached hydrogens (tertiary/aromatic N) is 3. The van der Waals surface area contributed by atoms with Gasteiger partial charge in [0.15, 0.2) is 16.1 Å². The lowest BCUT2D eigenvalue weighted by Crippen LogP contribution is -2.75. The van der Waals surface area contributed by atoms with E-state index in [1.165, 1.54) is 67.7 Å². The van der Waals surface area contributed by atoms with Gasteiger partial charge in [-0.2, -0.15) is 0 Å². The Labute approximate surface area is 580 Å². The first kappa shape index (κ1) is 57.4. The quantitative estimate of drug-likeness (QED) is 0.0949. The molecule has 0 aliphatic carbocycles. The number of para-hydroxylation sites is 4. The van der Waals surface area contributed by atoms with E-state index in [2.05, 4.69) is 379 Å². The molecule has 3 aliphatic heterocycles. The van der Waals surface area contributed by atoms with Crippen molar-refractivity contribution in [1.82, 2.24) is 0 Å². The van der Waals surface area contributed by atoms with Crippen molar-refractivity contribution in [3.05, 3.63) is 364 Å². The summed E-state index contributed by atoms with van der Waals surface area (Å²) in [6.07, 6.45) is 0. The first-order chi connectivity index (χ1) is 49.1. The van der Waals surface area contributed by atoms with Crippen LogP contribution in [0.2, 0.25) is 0 Å². The maximum absolute atomic E-state index is 6.95. The molecule has 5 heterocycles. The summed E-state index contributed by atoms with van der Waals surface area (Å²) in [5, 5.41) is 14.8. The van der Waals surface area contributed by atoms with Crippen molar-refractivity contribution in [3.63, 3.8) is 0 Å². The molecule has 0 amide bonds. The molecule has 3 aliphatic rings. The summed E-state index contributed by atoms with van der Waals surface area (Å²) < 4.78 is 13.9. The van der Waals surface area contributed by atoms with E-state index in [4.69, 9.17) is 8.83 Å². The van der Waals surface area contributed by atoms with E-state index in [1.807, 2.05) is 11.8 Å². The van der Waals surface area contributed by atoms with E-state index >= 15 is 0 Å². The Morgan fingerprint density at radius 1 is 0.232 bits per heavy atom. The molecule has 5 nitrogen and oxygen atoms in total. The molecule has 0 unspecified atom stereocenters. The van der Waals surface area contributed by atoms with E-state index in [-0.39, 0.29) is 6.71 Å². The largest absolute Gasteiger partial charge is 0.456 e. The topological polar surface area (TPSA) is 36.0 Å². The maximum atomic E-state index is 6.95. The van der Waals surface area contributed by atoms with Gasteiger partial charge in [0.25, 0.3) is 6.71 Å². The third-order valence-electron chi connectivity index (χ3n) is 21.1. The van der Waals surface area contributed by atoms with Gasteiger partial charge in [0.2, 0.25) is 0 Å². The number of fused-ring (bicyclic) bond motifs is 12. The van der Waals surface area contributed by atoms with E-state index in [1.54, 1.807) is 0 Å². The van der Waals surface area contributed by atoms with Gasteiger partial charge in [0.05, 0.1) is 17.1 Å². The molecule has 0 atom stereocenters. The van der Waals surface area contributed by atoms with Gasteiger partial charge in [-0.3, -0.25) is 0 Å². The van der Waals surface area contributed by atoms with E-state index in [0.717, 1.165) is 95.1 Å². The van der Waals surface area contributed by atoms with Crippen molar-refractivity contribution < 1.29 is 8.83 Å². The summed E-state index contributed by atoms with van der Waals surface area (Å²) in [4.78, 5) is 10.1. The molecule has 464 valence electrons. The number of rotatable bonds is 11. The Morgan fingerprint density at radius 2 is 0.556 bits per heavy atom. The van der Waals surface area contributed by atoms with Gasteiger partial charge in [0, 0.05) is 77.6 Å². The number of furan rings is 2. The fourth-order valence-corrected chi connectivity index (χ4v) is 27.5. The molecule has 0 radical (unpaired) electrons. The van der Waals surface area contributed by atoms with E-state index < -0.39 is 16.1 Å². The normalized spacial score (nSPS) is 13.1. The van der Waals surface area contributed by atoms with Crippen molar-refractivity contribution in [2.24, 2.45) is 0 Å². The summed E-state index contributed by atoms with van der Waals surface area (Å²) >= 11 is 1.83. The van der Waals surface area contributed by atoms with Crippen LogP contribution in [0.25, 0.3) is 43.9 Å². The monoisotopic (exact) mass is 1310 g/mol. The third kappa shape index (κ3) is 8.74. The summed E-state index contributed by atoms with van der Waals surface area (Å²) in [6.45, 7) is -0.256. The maximum Gasteiger partial charge on any atom is 0.252 e. The molecule has 2 aromatic heterocycles. The SMILES string of the molecule is c1ccc([Si](c2ccccc2)(c2ccccc2)c2ccc3c(c2)N(c2ccc4c(c2)oc2ccccc24)c2cc(N4c5ccccc5Sc5ccccc54)cc4c2B3c2ccc([Si](c3ccccc3)(c3ccccc3)c3ccccc3)cc2N4c2ccc3c(c2)oc2ccccc23)cc1. The van der Waals surface area contributed by atoms with Crippen LogP contribution in [0.4, 0.5) is 51.2 Å². The lowest BCUT2D eigenvalue weighted by molar-refractivity contribution is 0.668. The van der Waals surface area contributed by atoms with Crippen molar-refractivity contribution in [1.29, 1.82) is 0 Å². The minimum absolute atomic E-state index is 0.256. The highest BCUT2D eigenvalue weighted by atomic mass is 32.2. The van der Waals surface area contributed by atoms with Crippen LogP contribution in [0.5, 0.6) is 0 Å². The van der Waals surface area contributed by atoms with Gasteiger partial charge >= 0.3 is 0 Å². The van der Waals surface area contributed by atoms with E-state index in [0.29, 0.717) is 0 Å². The van der Waals surface area contributed by atoms with Crippen LogP contribution in [0.15, 0.2) is 383 Å². The zero-order valence-electron chi connectivity index (χ0n) is 53.8. The molecular weight excluding hydrogens is 1250 g/mol. The molecule has 20 rings (SSSR count). The molecule has 0 saturated carbocycles. The highest BCUT2D eigenvalue weighted by molar-refractivity contribution is 7.99. The summed E-state index contributed by atoms with van der Waals surface area (Å²) in [5.41, 5.74) is 16.7. The minimum atomic E-state index is -3.15. The van der Waals surface area contributed by atoms with Crippen molar-refractivity contribution in [2.45, 2.75) is 9.79 Å². The second-order valence-electron chi connectivity index (χ2n) is 26.2. The van der Waals surface area contributed by atoms with Gasteiger partial charge in [-0.15, -0.1) is 0 Å². The van der Waals surface area contributed by atoms with Crippen LogP contribution in [0, 0.1) is 0 Å². The Morgan fingerprint density at radius 3 is 0.939 bits per heavy atom. The zero-order chi connectivity index (χ0) is 65.2. The summed E-state index contributed by atoms with van der Waals surface area (Å²) in [6, 6.07) is 137. The van der Waals surface area contributed by atoms with Crippen LogP contribution in [0.1, 0.15) is 0 Å². The predicted molar refractivity (Wildman–Crippen MR) is 421 cm³/mol. The predicted octanol–water partition coefficient (Wildman–Crippen LogP) is 16.3. The van der Waals surface area contributed by atoms with Gasteiger partial charge in [-0.25, -0.2) is 0 Å². The highest BCUT2D eigenvalue weighted by Gasteiger charge is 2.49. The van der Waals surface area contributed by atoms with Crippen LogP contribution in [-0.2, 0) is 0 Å². The molecule has 99 heavy (non-hydrogen) atoms. The van der Waals surface area contributed by atoms with Crippen molar-refractivity contribution >= 4 is 188 Å². The fourth-order valence-electron chi connectivity index (χ4n) is 16.9. The van der Waals surface area contributed by atoms with Crippen LogP contribution in [-0.4, -0.2) is 22.9 Å². The number of anilines is 9. The second-order valence-corrected chi connectivity index (χ2v) is 34.9. The summed E-state index contributed by atoms with van der Waals surface area (Å²) in [7, 11) is -6.30. The molecule has 0 fully saturated rings. The number of benzene rings is 15. The van der Waals surface area contributed by atoms with Crippen molar-refractivity contribution in [2.75, 3.05) is 14.7 Å². The Bertz CT molecular complexity index is 5460. The zero-order valence-corrected chi connectivity index (χ0v) is 56.6. The van der Waals surface area contributed by atoms with Crippen molar-refractivity contribution in [3.8, 4) is 0 Å².